The van der Waals surface area contributed by atoms with Gasteiger partial charge in [0, 0.05) is 43.3 Å². The van der Waals surface area contributed by atoms with Gasteiger partial charge < -0.3 is 4.90 Å². The van der Waals surface area contributed by atoms with Gasteiger partial charge in [0.1, 0.15) is 6.04 Å². The minimum Gasteiger partial charge on any atom is -0.369 e. The van der Waals surface area contributed by atoms with Crippen molar-refractivity contribution in [1.82, 2.24) is 25.1 Å². The number of aromatic nitrogens is 4. The Bertz CT molecular complexity index is 1220. The van der Waals surface area contributed by atoms with E-state index < -0.39 is 11.7 Å². The van der Waals surface area contributed by atoms with E-state index in [4.69, 9.17) is 0 Å². The Morgan fingerprint density at radius 2 is 1.71 bits per heavy atom. The molecule has 35 heavy (non-hydrogen) atoms. The molecule has 0 radical (unpaired) electrons. The molecule has 5 rings (SSSR count). The van der Waals surface area contributed by atoms with Crippen LogP contribution in [0, 0.1) is 0 Å². The molecule has 0 bridgehead atoms. The van der Waals surface area contributed by atoms with E-state index in [1.165, 1.54) is 17.7 Å². The van der Waals surface area contributed by atoms with Gasteiger partial charge in [-0.25, -0.2) is 4.68 Å². The standard InChI is InChI=1S/C25H25F3N6S/c26-25(27,28)20-8-4-9-21(18-20)32-13-15-33(16-14-32)23(22-10-5-17-35-22)24-29-30-31-34(24)12-11-19-6-2-1-3-7-19/h1-10,17-18,23H,11-16H2. The summed E-state index contributed by atoms with van der Waals surface area (Å²) >= 11 is 1.66. The van der Waals surface area contributed by atoms with Crippen LogP contribution in [0.4, 0.5) is 18.9 Å². The van der Waals surface area contributed by atoms with Crippen LogP contribution >= 0.6 is 11.3 Å². The van der Waals surface area contributed by atoms with Crippen LogP contribution in [0.1, 0.15) is 27.9 Å². The van der Waals surface area contributed by atoms with Crippen LogP contribution in [0.3, 0.4) is 0 Å². The Balaban J connectivity index is 1.33. The second-order valence-corrected chi connectivity index (χ2v) is 9.46. The lowest BCUT2D eigenvalue weighted by atomic mass is 10.1. The molecule has 0 saturated carbocycles. The Labute approximate surface area is 205 Å². The van der Waals surface area contributed by atoms with Gasteiger partial charge in [0.2, 0.25) is 0 Å². The number of nitrogens with zero attached hydrogens (tertiary/aromatic N) is 6. The van der Waals surface area contributed by atoms with Crippen molar-refractivity contribution < 1.29 is 13.2 Å². The number of rotatable bonds is 7. The van der Waals surface area contributed by atoms with Crippen molar-refractivity contribution in [3.05, 3.63) is 93.9 Å². The number of benzene rings is 2. The largest absolute Gasteiger partial charge is 0.416 e. The molecular formula is C25H25F3N6S. The van der Waals surface area contributed by atoms with E-state index >= 15 is 0 Å². The maximum atomic E-state index is 13.2. The van der Waals surface area contributed by atoms with Crippen molar-refractivity contribution >= 4 is 17.0 Å². The maximum absolute atomic E-state index is 13.2. The molecule has 0 N–H and O–H groups in total. The minimum absolute atomic E-state index is 0.107. The molecule has 4 aromatic rings. The van der Waals surface area contributed by atoms with Gasteiger partial charge in [-0.15, -0.1) is 16.4 Å². The first-order valence-electron chi connectivity index (χ1n) is 11.5. The summed E-state index contributed by atoms with van der Waals surface area (Å²) in [7, 11) is 0. The zero-order chi connectivity index (χ0) is 24.3. The number of aryl methyl sites for hydroxylation is 2. The molecule has 1 unspecified atom stereocenters. The average Bonchev–Trinajstić information content (AvgIpc) is 3.57. The highest BCUT2D eigenvalue weighted by molar-refractivity contribution is 7.10. The molecule has 182 valence electrons. The number of piperazine rings is 1. The van der Waals surface area contributed by atoms with Gasteiger partial charge in [0.05, 0.1) is 5.56 Å². The summed E-state index contributed by atoms with van der Waals surface area (Å²) in [4.78, 5) is 5.48. The number of hydrogen-bond donors (Lipinski definition) is 0. The number of halogens is 3. The molecule has 0 aliphatic carbocycles. The van der Waals surface area contributed by atoms with Gasteiger partial charge in [-0.3, -0.25) is 4.90 Å². The third-order valence-corrected chi connectivity index (χ3v) is 7.21. The van der Waals surface area contributed by atoms with Gasteiger partial charge in [-0.05, 0) is 52.1 Å². The molecule has 3 heterocycles. The lowest BCUT2D eigenvalue weighted by Gasteiger charge is -2.39. The van der Waals surface area contributed by atoms with Gasteiger partial charge >= 0.3 is 6.18 Å². The Morgan fingerprint density at radius 3 is 2.43 bits per heavy atom. The summed E-state index contributed by atoms with van der Waals surface area (Å²) in [5.74, 6) is 0.788. The van der Waals surface area contributed by atoms with E-state index in [1.54, 1.807) is 17.4 Å². The zero-order valence-electron chi connectivity index (χ0n) is 19.0. The third-order valence-electron chi connectivity index (χ3n) is 6.29. The highest BCUT2D eigenvalue weighted by atomic mass is 32.1. The number of anilines is 1. The third kappa shape index (κ3) is 5.38. The van der Waals surface area contributed by atoms with E-state index in [2.05, 4.69) is 38.6 Å². The smallest absolute Gasteiger partial charge is 0.369 e. The van der Waals surface area contributed by atoms with Gasteiger partial charge in [-0.1, -0.05) is 42.5 Å². The molecule has 0 amide bonds. The first-order valence-corrected chi connectivity index (χ1v) is 12.4. The second kappa shape index (κ2) is 10.2. The fourth-order valence-corrected chi connectivity index (χ4v) is 5.34. The maximum Gasteiger partial charge on any atom is 0.416 e. The van der Waals surface area contributed by atoms with E-state index in [9.17, 15) is 13.2 Å². The summed E-state index contributed by atoms with van der Waals surface area (Å²) in [6, 6.07) is 19.8. The molecule has 1 aliphatic heterocycles. The summed E-state index contributed by atoms with van der Waals surface area (Å²) < 4.78 is 41.4. The molecule has 1 aliphatic rings. The van der Waals surface area contributed by atoms with E-state index in [1.807, 2.05) is 39.2 Å². The lowest BCUT2D eigenvalue weighted by Crippen LogP contribution is -2.48. The molecule has 1 fully saturated rings. The van der Waals surface area contributed by atoms with E-state index in [0.717, 1.165) is 23.2 Å². The molecular weight excluding hydrogens is 473 g/mol. The van der Waals surface area contributed by atoms with Gasteiger partial charge in [0.25, 0.3) is 0 Å². The Hall–Kier alpha value is -3.24. The van der Waals surface area contributed by atoms with Crippen molar-refractivity contribution in [3.63, 3.8) is 0 Å². The quantitative estimate of drug-likeness (QED) is 0.363. The number of thiophene rings is 1. The molecule has 6 nitrogen and oxygen atoms in total. The predicted molar refractivity (Wildman–Crippen MR) is 129 cm³/mol. The summed E-state index contributed by atoms with van der Waals surface area (Å²) in [5.41, 5.74) is 1.20. The van der Waals surface area contributed by atoms with Crippen LogP contribution in [-0.2, 0) is 19.1 Å². The summed E-state index contributed by atoms with van der Waals surface area (Å²) in [5, 5.41) is 14.7. The minimum atomic E-state index is -4.35. The van der Waals surface area contributed by atoms with Crippen molar-refractivity contribution in [2.24, 2.45) is 0 Å². The Kier molecular flexibility index (Phi) is 6.83. The lowest BCUT2D eigenvalue weighted by molar-refractivity contribution is -0.137. The molecule has 2 aromatic carbocycles. The van der Waals surface area contributed by atoms with Crippen molar-refractivity contribution in [2.45, 2.75) is 25.2 Å². The first-order chi connectivity index (χ1) is 17.0. The van der Waals surface area contributed by atoms with Crippen LogP contribution in [-0.4, -0.2) is 51.3 Å². The van der Waals surface area contributed by atoms with Crippen LogP contribution in [0.15, 0.2) is 72.1 Å². The number of alkyl halides is 3. The van der Waals surface area contributed by atoms with E-state index in [-0.39, 0.29) is 6.04 Å². The molecule has 10 heteroatoms. The normalized spacial score (nSPS) is 15.9. The van der Waals surface area contributed by atoms with Crippen LogP contribution in [0.5, 0.6) is 0 Å². The molecule has 0 spiro atoms. The highest BCUT2D eigenvalue weighted by Gasteiger charge is 2.33. The van der Waals surface area contributed by atoms with E-state index in [0.29, 0.717) is 38.4 Å². The first kappa shape index (κ1) is 23.5. The summed E-state index contributed by atoms with van der Waals surface area (Å²) in [6.07, 6.45) is -3.53. The molecule has 1 atom stereocenters. The van der Waals surface area contributed by atoms with Crippen molar-refractivity contribution in [1.29, 1.82) is 0 Å². The monoisotopic (exact) mass is 498 g/mol. The average molecular weight is 499 g/mol. The molecule has 2 aromatic heterocycles. The van der Waals surface area contributed by atoms with Crippen molar-refractivity contribution in [2.75, 3.05) is 31.1 Å². The number of hydrogen-bond acceptors (Lipinski definition) is 6. The number of tetrazole rings is 1. The Morgan fingerprint density at radius 1 is 0.914 bits per heavy atom. The predicted octanol–water partition coefficient (Wildman–Crippen LogP) is 4.91. The fraction of sp³-hybridized carbons (Fsp3) is 0.320. The van der Waals surface area contributed by atoms with Crippen LogP contribution < -0.4 is 4.90 Å². The highest BCUT2D eigenvalue weighted by Crippen LogP contribution is 2.34. The molecule has 1 saturated heterocycles. The van der Waals surface area contributed by atoms with Crippen LogP contribution in [0.25, 0.3) is 0 Å². The SMILES string of the molecule is FC(F)(F)c1cccc(N2CCN(C(c3cccs3)c3nnnn3CCc3ccccc3)CC2)c1. The second-order valence-electron chi connectivity index (χ2n) is 8.48. The van der Waals surface area contributed by atoms with Crippen molar-refractivity contribution in [3.8, 4) is 0 Å². The van der Waals surface area contributed by atoms with Crippen LogP contribution in [0.2, 0.25) is 0 Å². The van der Waals surface area contributed by atoms with Gasteiger partial charge in [-0.2, -0.15) is 13.2 Å². The fourth-order valence-electron chi connectivity index (χ4n) is 4.48. The summed E-state index contributed by atoms with van der Waals surface area (Å²) in [6.45, 7) is 3.27. The van der Waals surface area contributed by atoms with Gasteiger partial charge in [0.15, 0.2) is 5.82 Å². The topological polar surface area (TPSA) is 50.1 Å². The zero-order valence-corrected chi connectivity index (χ0v) is 19.8.